The maximum atomic E-state index is 13.7. The van der Waals surface area contributed by atoms with E-state index in [-0.39, 0.29) is 17.3 Å². The van der Waals surface area contributed by atoms with Crippen LogP contribution in [0.1, 0.15) is 25.3 Å². The van der Waals surface area contributed by atoms with Crippen molar-refractivity contribution < 1.29 is 4.39 Å². The summed E-state index contributed by atoms with van der Waals surface area (Å²) >= 11 is 11.9. The molecule has 1 heterocycles. The van der Waals surface area contributed by atoms with Gasteiger partial charge in [0.05, 0.1) is 5.56 Å². The molecule has 0 atom stereocenters. The molecule has 0 bridgehead atoms. The van der Waals surface area contributed by atoms with Crippen LogP contribution in [0.15, 0.2) is 24.4 Å². The van der Waals surface area contributed by atoms with E-state index in [4.69, 9.17) is 23.2 Å². The fourth-order valence-corrected chi connectivity index (χ4v) is 2.08. The van der Waals surface area contributed by atoms with Crippen LogP contribution in [0.2, 0.25) is 10.2 Å². The minimum atomic E-state index is -0.423. The van der Waals surface area contributed by atoms with Gasteiger partial charge in [0, 0.05) is 16.8 Å². The zero-order chi connectivity index (χ0) is 13.3. The van der Waals surface area contributed by atoms with Crippen molar-refractivity contribution in [3.05, 3.63) is 46.0 Å². The van der Waals surface area contributed by atoms with Crippen molar-refractivity contribution in [1.82, 2.24) is 9.97 Å². The molecule has 0 unspecified atom stereocenters. The third-order valence-corrected chi connectivity index (χ3v) is 3.10. The first-order valence-corrected chi connectivity index (χ1v) is 6.22. The van der Waals surface area contributed by atoms with Crippen LogP contribution in [0.5, 0.6) is 0 Å². The Morgan fingerprint density at radius 3 is 2.56 bits per heavy atom. The Morgan fingerprint density at radius 2 is 1.94 bits per heavy atom. The molecule has 1 aromatic carbocycles. The molecule has 5 heteroatoms. The number of rotatable bonds is 2. The average molecular weight is 285 g/mol. The Labute approximate surface area is 115 Å². The van der Waals surface area contributed by atoms with Crippen molar-refractivity contribution in [3.63, 3.8) is 0 Å². The van der Waals surface area contributed by atoms with Crippen LogP contribution >= 0.6 is 23.2 Å². The van der Waals surface area contributed by atoms with Crippen LogP contribution < -0.4 is 0 Å². The molecular weight excluding hydrogens is 274 g/mol. The number of halogens is 3. The van der Waals surface area contributed by atoms with E-state index in [1.54, 1.807) is 6.20 Å². The number of benzene rings is 1. The Morgan fingerprint density at radius 1 is 1.22 bits per heavy atom. The lowest BCUT2D eigenvalue weighted by Gasteiger charge is -2.08. The summed E-state index contributed by atoms with van der Waals surface area (Å²) in [4.78, 5) is 8.26. The largest absolute Gasteiger partial charge is 0.236 e. The quantitative estimate of drug-likeness (QED) is 0.746. The number of hydrogen-bond donors (Lipinski definition) is 0. The van der Waals surface area contributed by atoms with Gasteiger partial charge in [0.15, 0.2) is 5.82 Å². The maximum absolute atomic E-state index is 13.7. The average Bonchev–Trinajstić information content (AvgIpc) is 2.31. The fraction of sp³-hybridized carbons (Fsp3) is 0.231. The first-order valence-electron chi connectivity index (χ1n) is 5.47. The second kappa shape index (κ2) is 5.21. The topological polar surface area (TPSA) is 25.8 Å². The summed E-state index contributed by atoms with van der Waals surface area (Å²) in [5, 5.41) is 0.772. The SMILES string of the molecule is CC(C)c1cnc(-c2cc(Cl)ccc2F)nc1Cl. The molecule has 0 amide bonds. The van der Waals surface area contributed by atoms with Crippen LogP contribution in [-0.2, 0) is 0 Å². The molecule has 2 nitrogen and oxygen atoms in total. The highest BCUT2D eigenvalue weighted by Gasteiger charge is 2.13. The third-order valence-electron chi connectivity index (χ3n) is 2.56. The summed E-state index contributed by atoms with van der Waals surface area (Å²) in [6, 6.07) is 4.24. The summed E-state index contributed by atoms with van der Waals surface area (Å²) in [6.07, 6.45) is 1.62. The molecule has 94 valence electrons. The molecule has 18 heavy (non-hydrogen) atoms. The predicted octanol–water partition coefficient (Wildman–Crippen LogP) is 4.71. The Balaban J connectivity index is 2.52. The predicted molar refractivity (Wildman–Crippen MR) is 71.5 cm³/mol. The number of aromatic nitrogens is 2. The van der Waals surface area contributed by atoms with Gasteiger partial charge >= 0.3 is 0 Å². The highest BCUT2D eigenvalue weighted by atomic mass is 35.5. The zero-order valence-corrected chi connectivity index (χ0v) is 11.4. The van der Waals surface area contributed by atoms with Gasteiger partial charge in [0.2, 0.25) is 0 Å². The van der Waals surface area contributed by atoms with E-state index >= 15 is 0 Å². The van der Waals surface area contributed by atoms with Crippen LogP contribution in [-0.4, -0.2) is 9.97 Å². The number of hydrogen-bond acceptors (Lipinski definition) is 2. The molecule has 0 aliphatic heterocycles. The first-order chi connectivity index (χ1) is 8.49. The van der Waals surface area contributed by atoms with E-state index in [0.29, 0.717) is 10.2 Å². The second-order valence-corrected chi connectivity index (χ2v) is 5.01. The highest BCUT2D eigenvalue weighted by molar-refractivity contribution is 6.31. The van der Waals surface area contributed by atoms with Gasteiger partial charge in [0.25, 0.3) is 0 Å². The molecule has 0 saturated heterocycles. The van der Waals surface area contributed by atoms with Gasteiger partial charge in [-0.25, -0.2) is 14.4 Å². The molecule has 0 aliphatic rings. The van der Waals surface area contributed by atoms with E-state index in [1.165, 1.54) is 18.2 Å². The minimum Gasteiger partial charge on any atom is -0.236 e. The van der Waals surface area contributed by atoms with E-state index in [0.717, 1.165) is 5.56 Å². The van der Waals surface area contributed by atoms with Gasteiger partial charge in [-0.3, -0.25) is 0 Å². The van der Waals surface area contributed by atoms with Crippen molar-refractivity contribution >= 4 is 23.2 Å². The van der Waals surface area contributed by atoms with Gasteiger partial charge in [-0.1, -0.05) is 37.0 Å². The lowest BCUT2D eigenvalue weighted by atomic mass is 10.1. The smallest absolute Gasteiger partial charge is 0.163 e. The van der Waals surface area contributed by atoms with Crippen molar-refractivity contribution in [3.8, 4) is 11.4 Å². The van der Waals surface area contributed by atoms with Gasteiger partial charge in [-0.2, -0.15) is 0 Å². The standard InChI is InChI=1S/C13H11Cl2FN2/c1-7(2)10-6-17-13(18-12(10)15)9-5-8(14)3-4-11(9)16/h3-7H,1-2H3. The third kappa shape index (κ3) is 2.62. The minimum absolute atomic E-state index is 0.218. The Hall–Kier alpha value is -1.19. The molecule has 1 aromatic heterocycles. The van der Waals surface area contributed by atoms with E-state index in [9.17, 15) is 4.39 Å². The molecule has 0 aliphatic carbocycles. The van der Waals surface area contributed by atoms with Crippen molar-refractivity contribution in [2.75, 3.05) is 0 Å². The second-order valence-electron chi connectivity index (χ2n) is 4.22. The highest BCUT2D eigenvalue weighted by Crippen LogP contribution is 2.27. The molecule has 0 spiro atoms. The molecule has 0 fully saturated rings. The summed E-state index contributed by atoms with van der Waals surface area (Å²) < 4.78 is 13.7. The lowest BCUT2D eigenvalue weighted by molar-refractivity contribution is 0.630. The normalized spacial score (nSPS) is 11.0. The lowest BCUT2D eigenvalue weighted by Crippen LogP contribution is -1.98. The van der Waals surface area contributed by atoms with Gasteiger partial charge in [-0.15, -0.1) is 0 Å². The van der Waals surface area contributed by atoms with Crippen LogP contribution in [0.3, 0.4) is 0 Å². The van der Waals surface area contributed by atoms with Crippen LogP contribution in [0.25, 0.3) is 11.4 Å². The van der Waals surface area contributed by atoms with Crippen molar-refractivity contribution in [1.29, 1.82) is 0 Å². The summed E-state index contributed by atoms with van der Waals surface area (Å²) in [5.74, 6) is 0.0351. The van der Waals surface area contributed by atoms with E-state index in [2.05, 4.69) is 9.97 Å². The number of nitrogens with zero attached hydrogens (tertiary/aromatic N) is 2. The first kappa shape index (κ1) is 13.2. The molecule has 0 radical (unpaired) electrons. The monoisotopic (exact) mass is 284 g/mol. The van der Waals surface area contributed by atoms with E-state index < -0.39 is 5.82 Å². The Bertz CT molecular complexity index is 585. The van der Waals surface area contributed by atoms with Gasteiger partial charge in [-0.05, 0) is 24.1 Å². The van der Waals surface area contributed by atoms with Crippen molar-refractivity contribution in [2.45, 2.75) is 19.8 Å². The zero-order valence-electron chi connectivity index (χ0n) is 9.92. The fourth-order valence-electron chi connectivity index (χ4n) is 1.56. The summed E-state index contributed by atoms with van der Waals surface area (Å²) in [6.45, 7) is 3.98. The van der Waals surface area contributed by atoms with Crippen LogP contribution in [0.4, 0.5) is 4.39 Å². The van der Waals surface area contributed by atoms with Crippen molar-refractivity contribution in [2.24, 2.45) is 0 Å². The molecule has 0 saturated carbocycles. The maximum Gasteiger partial charge on any atom is 0.163 e. The van der Waals surface area contributed by atoms with Gasteiger partial charge < -0.3 is 0 Å². The van der Waals surface area contributed by atoms with E-state index in [1.807, 2.05) is 13.8 Å². The summed E-state index contributed by atoms with van der Waals surface area (Å²) in [5.41, 5.74) is 1.09. The van der Waals surface area contributed by atoms with Crippen LogP contribution in [0, 0.1) is 5.82 Å². The Kier molecular flexibility index (Phi) is 3.83. The molecule has 0 N–H and O–H groups in total. The molecule has 2 rings (SSSR count). The molecular formula is C13H11Cl2FN2. The molecule has 2 aromatic rings. The van der Waals surface area contributed by atoms with Gasteiger partial charge in [0.1, 0.15) is 11.0 Å². The summed E-state index contributed by atoms with van der Waals surface area (Å²) in [7, 11) is 0.